The molecule has 1 fully saturated rings. The summed E-state index contributed by atoms with van der Waals surface area (Å²) in [5.74, 6) is -2.90. The summed E-state index contributed by atoms with van der Waals surface area (Å²) in [6.07, 6.45) is 9.23. The quantitative estimate of drug-likeness (QED) is 0.208. The minimum atomic E-state index is -2.95. The molecule has 0 aliphatic carbocycles. The first-order valence-corrected chi connectivity index (χ1v) is 14.0. The Bertz CT molecular complexity index is 1030. The number of alkyl halides is 2. The van der Waals surface area contributed by atoms with Crippen molar-refractivity contribution in [2.75, 3.05) is 32.5 Å². The summed E-state index contributed by atoms with van der Waals surface area (Å²) in [4.78, 5) is 13.5. The molecule has 0 radical (unpaired) electrons. The predicted molar refractivity (Wildman–Crippen MR) is 151 cm³/mol. The van der Waals surface area contributed by atoms with Crippen LogP contribution in [0.25, 0.3) is 5.57 Å². The second-order valence-corrected chi connectivity index (χ2v) is 10.6. The summed E-state index contributed by atoms with van der Waals surface area (Å²) in [6, 6.07) is 9.25. The number of carboxylic acids is 1. The highest BCUT2D eigenvalue weighted by Crippen LogP contribution is 2.38. The van der Waals surface area contributed by atoms with Gasteiger partial charge in [0, 0.05) is 20.0 Å². The molecule has 0 spiro atoms. The van der Waals surface area contributed by atoms with Crippen LogP contribution in [0.5, 0.6) is 0 Å². The smallest absolute Gasteiger partial charge is 0.307 e. The number of nitrogens with zero attached hydrogens (tertiary/aromatic N) is 1. The van der Waals surface area contributed by atoms with E-state index >= 15 is 0 Å². The number of benzene rings is 1. The van der Waals surface area contributed by atoms with Crippen LogP contribution in [0.15, 0.2) is 70.4 Å². The number of rotatable bonds is 13. The number of hydrogen-bond acceptors (Lipinski definition) is 4. The molecule has 37 heavy (non-hydrogen) atoms. The van der Waals surface area contributed by atoms with Crippen molar-refractivity contribution in [3.63, 3.8) is 0 Å². The van der Waals surface area contributed by atoms with E-state index in [1.807, 2.05) is 57.2 Å². The molecule has 0 amide bonds. The first kappa shape index (κ1) is 30.8. The lowest BCUT2D eigenvalue weighted by atomic mass is 10.0. The number of ether oxygens (including phenoxy) is 1. The number of carbonyl (C=O) groups is 1. The number of likely N-dealkylation sites (tertiary alicyclic amines) is 1. The van der Waals surface area contributed by atoms with Crippen molar-refractivity contribution >= 4 is 23.3 Å². The molecule has 1 saturated heterocycles. The number of thioether (sulfide) groups is 1. The van der Waals surface area contributed by atoms with Crippen LogP contribution in [0.2, 0.25) is 0 Å². The van der Waals surface area contributed by atoms with Gasteiger partial charge in [-0.15, -0.1) is 11.8 Å². The summed E-state index contributed by atoms with van der Waals surface area (Å²) in [7, 11) is 0. The van der Waals surface area contributed by atoms with E-state index in [1.165, 1.54) is 0 Å². The molecule has 1 aliphatic rings. The van der Waals surface area contributed by atoms with Crippen molar-refractivity contribution in [3.8, 4) is 0 Å². The van der Waals surface area contributed by atoms with Gasteiger partial charge in [0.1, 0.15) is 12.4 Å². The van der Waals surface area contributed by atoms with Crippen LogP contribution in [0.1, 0.15) is 53.0 Å². The number of hydrogen-bond donors (Lipinski definition) is 1. The van der Waals surface area contributed by atoms with Crippen molar-refractivity contribution in [1.82, 2.24) is 4.90 Å². The Kier molecular flexibility index (Phi) is 12.1. The SMILES string of the molecule is C/C=C(OC/C(C)=C/C(=C(\SC)C(C)(F)F)c1ccccc1)\C(C)=C/C(CC)CN1CCC(C(=O)O)C1. The Morgan fingerprint density at radius 2 is 1.97 bits per heavy atom. The molecule has 204 valence electrons. The van der Waals surface area contributed by atoms with Crippen molar-refractivity contribution in [1.29, 1.82) is 0 Å². The van der Waals surface area contributed by atoms with Crippen LogP contribution < -0.4 is 0 Å². The fourth-order valence-corrected chi connectivity index (χ4v) is 5.35. The maximum atomic E-state index is 14.4. The Hall–Kier alpha value is -2.38. The normalized spacial score (nSPS) is 19.6. The van der Waals surface area contributed by atoms with E-state index in [9.17, 15) is 18.7 Å². The van der Waals surface area contributed by atoms with Crippen LogP contribution in [0.4, 0.5) is 8.78 Å². The minimum Gasteiger partial charge on any atom is -0.489 e. The Labute approximate surface area is 225 Å². The molecule has 2 atom stereocenters. The molecule has 1 aromatic rings. The van der Waals surface area contributed by atoms with Crippen LogP contribution in [0, 0.1) is 11.8 Å². The zero-order valence-electron chi connectivity index (χ0n) is 22.9. The summed E-state index contributed by atoms with van der Waals surface area (Å²) in [5, 5.41) is 9.27. The number of allylic oxidation sites excluding steroid dienone is 5. The fourth-order valence-electron chi connectivity index (χ4n) is 4.59. The van der Waals surface area contributed by atoms with E-state index in [2.05, 4.69) is 17.9 Å². The van der Waals surface area contributed by atoms with E-state index in [1.54, 1.807) is 12.3 Å². The Morgan fingerprint density at radius 1 is 1.30 bits per heavy atom. The molecular weight excluding hydrogens is 492 g/mol. The van der Waals surface area contributed by atoms with E-state index in [0.717, 1.165) is 60.7 Å². The largest absolute Gasteiger partial charge is 0.489 e. The summed E-state index contributed by atoms with van der Waals surface area (Å²) < 4.78 is 35.0. The third kappa shape index (κ3) is 9.46. The second-order valence-electron chi connectivity index (χ2n) is 9.74. The van der Waals surface area contributed by atoms with Crippen LogP contribution in [0.3, 0.4) is 0 Å². The maximum Gasteiger partial charge on any atom is 0.307 e. The number of carboxylic acid groups (broad SMARTS) is 1. The van der Waals surface area contributed by atoms with E-state index in [0.29, 0.717) is 18.5 Å². The van der Waals surface area contributed by atoms with Crippen LogP contribution >= 0.6 is 11.8 Å². The van der Waals surface area contributed by atoms with Crippen LogP contribution in [-0.2, 0) is 9.53 Å². The average molecular weight is 534 g/mol. The number of aliphatic carboxylic acids is 1. The van der Waals surface area contributed by atoms with Gasteiger partial charge < -0.3 is 14.7 Å². The molecule has 2 rings (SSSR count). The molecule has 1 aromatic carbocycles. The molecule has 0 bridgehead atoms. The first-order chi connectivity index (χ1) is 17.5. The number of halogens is 2. The highest BCUT2D eigenvalue weighted by Gasteiger charge is 2.30. The highest BCUT2D eigenvalue weighted by molar-refractivity contribution is 8.02. The van der Waals surface area contributed by atoms with Gasteiger partial charge in [0.15, 0.2) is 0 Å². The molecule has 7 heteroatoms. The topological polar surface area (TPSA) is 49.8 Å². The maximum absolute atomic E-state index is 14.4. The average Bonchev–Trinajstić information content (AvgIpc) is 3.32. The molecular formula is C30H41F2NO3S. The third-order valence-electron chi connectivity index (χ3n) is 6.55. The first-order valence-electron chi connectivity index (χ1n) is 12.8. The lowest BCUT2D eigenvalue weighted by Gasteiger charge is -2.21. The van der Waals surface area contributed by atoms with Crippen molar-refractivity contribution in [2.45, 2.75) is 53.4 Å². The lowest BCUT2D eigenvalue weighted by Crippen LogP contribution is -2.28. The van der Waals surface area contributed by atoms with Crippen molar-refractivity contribution in [3.05, 3.63) is 75.9 Å². The van der Waals surface area contributed by atoms with Gasteiger partial charge in [-0.1, -0.05) is 49.4 Å². The van der Waals surface area contributed by atoms with E-state index in [4.69, 9.17) is 4.74 Å². The van der Waals surface area contributed by atoms with Gasteiger partial charge in [-0.05, 0) is 80.7 Å². The van der Waals surface area contributed by atoms with Gasteiger partial charge in [0.25, 0.3) is 5.92 Å². The summed E-state index contributed by atoms with van der Waals surface area (Å²) >= 11 is 1.07. The highest BCUT2D eigenvalue weighted by atomic mass is 32.2. The summed E-state index contributed by atoms with van der Waals surface area (Å²) in [5.41, 5.74) is 3.10. The molecule has 0 aromatic heterocycles. The van der Waals surface area contributed by atoms with Crippen molar-refractivity contribution < 1.29 is 23.4 Å². The zero-order valence-corrected chi connectivity index (χ0v) is 23.7. The standard InChI is InChI=1S/C30H41F2NO3S/c1-7-23(18-33-15-14-25(19-33)29(34)35)17-22(4)27(8-2)36-20-21(3)16-26(24-12-10-9-11-13-24)28(37-6)30(5,31)32/h8-13,16-17,23,25H,7,14-15,18-20H2,1-6H3,(H,34,35)/b21-16+,22-17-,27-8+,28-26+. The molecule has 1 N–H and O–H groups in total. The Morgan fingerprint density at radius 3 is 2.49 bits per heavy atom. The second kappa shape index (κ2) is 14.5. The molecule has 4 nitrogen and oxygen atoms in total. The van der Waals surface area contributed by atoms with Gasteiger partial charge >= 0.3 is 5.97 Å². The van der Waals surface area contributed by atoms with Crippen molar-refractivity contribution in [2.24, 2.45) is 11.8 Å². The minimum absolute atomic E-state index is 0.0261. The summed E-state index contributed by atoms with van der Waals surface area (Å²) in [6.45, 7) is 11.4. The molecule has 2 unspecified atom stereocenters. The van der Waals surface area contributed by atoms with Gasteiger partial charge in [-0.25, -0.2) is 8.78 Å². The van der Waals surface area contributed by atoms with E-state index in [-0.39, 0.29) is 23.3 Å². The zero-order chi connectivity index (χ0) is 27.6. The van der Waals surface area contributed by atoms with Gasteiger partial charge in [-0.2, -0.15) is 0 Å². The van der Waals surface area contributed by atoms with Gasteiger partial charge in [0.05, 0.1) is 10.8 Å². The van der Waals surface area contributed by atoms with Gasteiger partial charge in [-0.3, -0.25) is 4.79 Å². The van der Waals surface area contributed by atoms with Crippen LogP contribution in [-0.4, -0.2) is 54.4 Å². The monoisotopic (exact) mass is 533 g/mol. The predicted octanol–water partition coefficient (Wildman–Crippen LogP) is 7.66. The fraction of sp³-hybridized carbons (Fsp3) is 0.500. The van der Waals surface area contributed by atoms with E-state index < -0.39 is 11.9 Å². The molecule has 1 heterocycles. The third-order valence-corrected chi connectivity index (χ3v) is 7.54. The lowest BCUT2D eigenvalue weighted by molar-refractivity contribution is -0.141. The van der Waals surface area contributed by atoms with Gasteiger partial charge in [0.2, 0.25) is 0 Å². The molecule has 0 saturated carbocycles. The molecule has 1 aliphatic heterocycles. The Balaban J connectivity index is 2.15.